The van der Waals surface area contributed by atoms with Crippen molar-refractivity contribution in [2.24, 2.45) is 0 Å². The zero-order chi connectivity index (χ0) is 12.0. The van der Waals surface area contributed by atoms with Gasteiger partial charge in [-0.15, -0.1) is 18.3 Å². The van der Waals surface area contributed by atoms with Crippen LogP contribution >= 0.6 is 11.8 Å². The molecule has 0 unspecified atom stereocenters. The van der Waals surface area contributed by atoms with E-state index in [1.807, 2.05) is 25.3 Å². The first kappa shape index (κ1) is 12.6. The topological polar surface area (TPSA) is 38.3 Å². The smallest absolute Gasteiger partial charge is 0.410 e. The van der Waals surface area contributed by atoms with Gasteiger partial charge in [-0.3, -0.25) is 0 Å². The number of rotatable bonds is 4. The lowest BCUT2D eigenvalue weighted by molar-refractivity contribution is 0.201. The summed E-state index contributed by atoms with van der Waals surface area (Å²) in [5.74, 6) is 0.553. The normalized spacial score (nSPS) is 9.62. The summed E-state index contributed by atoms with van der Waals surface area (Å²) < 4.78 is 5.09. The number of aryl methyl sites for hydroxylation is 1. The van der Waals surface area contributed by atoms with Gasteiger partial charge in [-0.1, -0.05) is 6.08 Å². The molecule has 16 heavy (non-hydrogen) atoms. The summed E-state index contributed by atoms with van der Waals surface area (Å²) in [5.41, 5.74) is 1.10. The highest BCUT2D eigenvalue weighted by atomic mass is 32.2. The van der Waals surface area contributed by atoms with E-state index in [-0.39, 0.29) is 0 Å². The van der Waals surface area contributed by atoms with Crippen LogP contribution in [0.2, 0.25) is 0 Å². The van der Waals surface area contributed by atoms with Crippen LogP contribution in [-0.2, 0) is 0 Å². The SMILES string of the molecule is C=CCNC(=O)Oc1ccc(SC)c(C)c1. The van der Waals surface area contributed by atoms with Crippen molar-refractivity contribution in [3.8, 4) is 5.75 Å². The largest absolute Gasteiger partial charge is 0.412 e. The molecule has 0 atom stereocenters. The third-order valence-corrected chi connectivity index (χ3v) is 2.87. The van der Waals surface area contributed by atoms with Crippen molar-refractivity contribution >= 4 is 17.9 Å². The monoisotopic (exact) mass is 237 g/mol. The molecule has 1 aromatic rings. The van der Waals surface area contributed by atoms with Crippen LogP contribution in [0.15, 0.2) is 35.7 Å². The zero-order valence-electron chi connectivity index (χ0n) is 9.45. The van der Waals surface area contributed by atoms with E-state index in [4.69, 9.17) is 4.74 Å². The van der Waals surface area contributed by atoms with Crippen molar-refractivity contribution in [2.75, 3.05) is 12.8 Å². The second-order valence-corrected chi connectivity index (χ2v) is 4.04. The fourth-order valence-electron chi connectivity index (χ4n) is 1.21. The number of thioether (sulfide) groups is 1. The Hall–Kier alpha value is -1.42. The van der Waals surface area contributed by atoms with Crippen LogP contribution in [0, 0.1) is 6.92 Å². The Morgan fingerprint density at radius 2 is 2.38 bits per heavy atom. The number of amides is 1. The second-order valence-electron chi connectivity index (χ2n) is 3.19. The van der Waals surface area contributed by atoms with Gasteiger partial charge in [0.15, 0.2) is 0 Å². The summed E-state index contributed by atoms with van der Waals surface area (Å²) in [6.07, 6.45) is 3.15. The first-order valence-electron chi connectivity index (χ1n) is 4.88. The third kappa shape index (κ3) is 3.62. The Morgan fingerprint density at radius 1 is 1.62 bits per heavy atom. The van der Waals surface area contributed by atoms with Gasteiger partial charge in [-0.05, 0) is 36.9 Å². The Morgan fingerprint density at radius 3 is 2.94 bits per heavy atom. The van der Waals surface area contributed by atoms with E-state index in [0.29, 0.717) is 12.3 Å². The quantitative estimate of drug-likeness (QED) is 0.646. The van der Waals surface area contributed by atoms with Crippen molar-refractivity contribution in [1.29, 1.82) is 0 Å². The molecule has 4 heteroatoms. The van der Waals surface area contributed by atoms with Crippen LogP contribution in [-0.4, -0.2) is 18.9 Å². The average molecular weight is 237 g/mol. The number of benzene rings is 1. The molecule has 0 bridgehead atoms. The molecule has 0 aliphatic carbocycles. The number of hydrogen-bond acceptors (Lipinski definition) is 3. The molecule has 0 heterocycles. The molecular weight excluding hydrogens is 222 g/mol. The van der Waals surface area contributed by atoms with Gasteiger partial charge in [-0.2, -0.15) is 0 Å². The van der Waals surface area contributed by atoms with E-state index in [1.54, 1.807) is 23.9 Å². The van der Waals surface area contributed by atoms with E-state index < -0.39 is 6.09 Å². The van der Waals surface area contributed by atoms with Crippen molar-refractivity contribution in [3.05, 3.63) is 36.4 Å². The lowest BCUT2D eigenvalue weighted by Crippen LogP contribution is -2.26. The Balaban J connectivity index is 2.64. The minimum absolute atomic E-state index is 0.403. The standard InChI is InChI=1S/C12H15NO2S/c1-4-7-13-12(14)15-10-5-6-11(16-3)9(2)8-10/h4-6,8H,1,7H2,2-3H3,(H,13,14). The maximum atomic E-state index is 11.3. The van der Waals surface area contributed by atoms with Gasteiger partial charge in [0, 0.05) is 11.4 Å². The molecule has 0 aliphatic heterocycles. The van der Waals surface area contributed by atoms with Crippen molar-refractivity contribution in [3.63, 3.8) is 0 Å². The summed E-state index contributed by atoms with van der Waals surface area (Å²) >= 11 is 1.67. The molecule has 0 fully saturated rings. The maximum Gasteiger partial charge on any atom is 0.412 e. The number of hydrogen-bond donors (Lipinski definition) is 1. The minimum Gasteiger partial charge on any atom is -0.410 e. The molecule has 0 spiro atoms. The second kappa shape index (κ2) is 6.23. The molecule has 1 rings (SSSR count). The molecule has 86 valence electrons. The predicted molar refractivity (Wildman–Crippen MR) is 67.2 cm³/mol. The van der Waals surface area contributed by atoms with Crippen molar-refractivity contribution < 1.29 is 9.53 Å². The molecule has 1 aromatic carbocycles. The van der Waals surface area contributed by atoms with Gasteiger partial charge in [0.1, 0.15) is 5.75 Å². The summed E-state index contributed by atoms with van der Waals surface area (Å²) in [6.45, 7) is 5.89. The van der Waals surface area contributed by atoms with Gasteiger partial charge in [0.05, 0.1) is 0 Å². The van der Waals surface area contributed by atoms with Gasteiger partial charge in [-0.25, -0.2) is 4.79 Å². The third-order valence-electron chi connectivity index (χ3n) is 1.97. The molecular formula is C12H15NO2S. The van der Waals surface area contributed by atoms with Crippen LogP contribution in [0.1, 0.15) is 5.56 Å². The van der Waals surface area contributed by atoms with Gasteiger partial charge in [0.2, 0.25) is 0 Å². The Bertz CT molecular complexity index is 391. The average Bonchev–Trinajstić information content (AvgIpc) is 2.26. The van der Waals surface area contributed by atoms with Crippen molar-refractivity contribution in [1.82, 2.24) is 5.32 Å². The van der Waals surface area contributed by atoms with Gasteiger partial charge < -0.3 is 10.1 Å². The highest BCUT2D eigenvalue weighted by Gasteiger charge is 2.04. The number of ether oxygens (including phenoxy) is 1. The van der Waals surface area contributed by atoms with Crippen LogP contribution < -0.4 is 10.1 Å². The van der Waals surface area contributed by atoms with Gasteiger partial charge >= 0.3 is 6.09 Å². The highest BCUT2D eigenvalue weighted by molar-refractivity contribution is 7.98. The summed E-state index contributed by atoms with van der Waals surface area (Å²) in [4.78, 5) is 12.4. The highest BCUT2D eigenvalue weighted by Crippen LogP contribution is 2.24. The summed E-state index contributed by atoms with van der Waals surface area (Å²) in [7, 11) is 0. The summed E-state index contributed by atoms with van der Waals surface area (Å²) in [6, 6.07) is 5.57. The van der Waals surface area contributed by atoms with Crippen LogP contribution in [0.4, 0.5) is 4.79 Å². The molecule has 0 aliphatic rings. The van der Waals surface area contributed by atoms with E-state index in [1.165, 1.54) is 4.90 Å². The van der Waals surface area contributed by atoms with E-state index in [2.05, 4.69) is 11.9 Å². The Kier molecular flexibility index (Phi) is 4.92. The molecule has 3 nitrogen and oxygen atoms in total. The molecule has 0 aromatic heterocycles. The lowest BCUT2D eigenvalue weighted by Gasteiger charge is -2.07. The van der Waals surface area contributed by atoms with Crippen LogP contribution in [0.5, 0.6) is 5.75 Å². The maximum absolute atomic E-state index is 11.3. The van der Waals surface area contributed by atoms with Gasteiger partial charge in [0.25, 0.3) is 0 Å². The van der Waals surface area contributed by atoms with E-state index in [0.717, 1.165) is 5.56 Å². The lowest BCUT2D eigenvalue weighted by atomic mass is 10.2. The fraction of sp³-hybridized carbons (Fsp3) is 0.250. The molecule has 0 saturated carbocycles. The van der Waals surface area contributed by atoms with E-state index in [9.17, 15) is 4.79 Å². The van der Waals surface area contributed by atoms with Crippen molar-refractivity contribution in [2.45, 2.75) is 11.8 Å². The molecule has 1 N–H and O–H groups in total. The first-order chi connectivity index (χ1) is 7.67. The summed E-state index contributed by atoms with van der Waals surface area (Å²) in [5, 5.41) is 2.54. The van der Waals surface area contributed by atoms with E-state index >= 15 is 0 Å². The number of carbonyl (C=O) groups excluding carboxylic acids is 1. The van der Waals surface area contributed by atoms with Crippen LogP contribution in [0.3, 0.4) is 0 Å². The minimum atomic E-state index is -0.462. The number of carbonyl (C=O) groups is 1. The fourth-order valence-corrected chi connectivity index (χ4v) is 1.80. The predicted octanol–water partition coefficient (Wildman–Crippen LogP) is 2.99. The first-order valence-corrected chi connectivity index (χ1v) is 6.11. The number of nitrogens with one attached hydrogen (secondary N) is 1. The Labute approximate surface area is 99.9 Å². The molecule has 1 amide bonds. The molecule has 0 radical (unpaired) electrons. The zero-order valence-corrected chi connectivity index (χ0v) is 10.3. The van der Waals surface area contributed by atoms with Crippen LogP contribution in [0.25, 0.3) is 0 Å². The molecule has 0 saturated heterocycles.